The Morgan fingerprint density at radius 1 is 1.24 bits per heavy atom. The van der Waals surface area contributed by atoms with Crippen LogP contribution in [0.15, 0.2) is 52.0 Å². The molecule has 1 amide bonds. The van der Waals surface area contributed by atoms with Gasteiger partial charge in [0.2, 0.25) is 0 Å². The van der Waals surface area contributed by atoms with Crippen LogP contribution < -0.4 is 10.2 Å². The quantitative estimate of drug-likeness (QED) is 0.680. The number of aryl methyl sites for hydroxylation is 1. The smallest absolute Gasteiger partial charge is 0.271 e. The third-order valence-corrected chi connectivity index (χ3v) is 3.78. The highest BCUT2D eigenvalue weighted by atomic mass is 79.9. The van der Waals surface area contributed by atoms with E-state index in [1.165, 1.54) is 0 Å². The Morgan fingerprint density at radius 3 is 2.57 bits per heavy atom. The fraction of sp³-hybridized carbons (Fsp3) is 0.125. The number of benzene rings is 2. The number of carbonyl (C=O) groups is 1. The minimum atomic E-state index is -0.264. The summed E-state index contributed by atoms with van der Waals surface area (Å²) in [5, 5.41) is 3.95. The van der Waals surface area contributed by atoms with Crippen LogP contribution in [0.25, 0.3) is 0 Å². The summed E-state index contributed by atoms with van der Waals surface area (Å²) in [6.07, 6.45) is 1.60. The minimum absolute atomic E-state index is 0.264. The summed E-state index contributed by atoms with van der Waals surface area (Å²) < 4.78 is 6.05. The first-order valence-corrected chi connectivity index (χ1v) is 7.13. The first-order valence-electron chi connectivity index (χ1n) is 6.34. The Labute approximate surface area is 132 Å². The minimum Gasteiger partial charge on any atom is -0.497 e. The number of rotatable bonds is 4. The number of hydrazone groups is 1. The van der Waals surface area contributed by atoms with Crippen molar-refractivity contribution in [2.24, 2.45) is 5.10 Å². The van der Waals surface area contributed by atoms with Crippen LogP contribution in [-0.2, 0) is 0 Å². The molecule has 0 saturated carbocycles. The molecule has 0 bridgehead atoms. The van der Waals surface area contributed by atoms with Gasteiger partial charge in [-0.15, -0.1) is 0 Å². The Kier molecular flexibility index (Phi) is 5.11. The molecule has 0 spiro atoms. The fourth-order valence-electron chi connectivity index (χ4n) is 1.66. The van der Waals surface area contributed by atoms with Gasteiger partial charge in [0.25, 0.3) is 5.91 Å². The van der Waals surface area contributed by atoms with Gasteiger partial charge in [0, 0.05) is 10.0 Å². The maximum Gasteiger partial charge on any atom is 0.271 e. The third kappa shape index (κ3) is 4.16. The van der Waals surface area contributed by atoms with Crippen LogP contribution in [-0.4, -0.2) is 19.2 Å². The van der Waals surface area contributed by atoms with E-state index in [0.29, 0.717) is 11.3 Å². The summed E-state index contributed by atoms with van der Waals surface area (Å²) in [5.41, 5.74) is 5.07. The van der Waals surface area contributed by atoms with Crippen LogP contribution in [0.5, 0.6) is 5.75 Å². The van der Waals surface area contributed by atoms with Gasteiger partial charge in [-0.1, -0.05) is 28.1 Å². The standard InChI is InChI=1S/C16H15BrN2O2/c1-11-3-4-12(9-15(11)17)10-18-19-16(20)13-5-7-14(21-2)8-6-13/h3-10H,1-2H3,(H,19,20). The van der Waals surface area contributed by atoms with Gasteiger partial charge >= 0.3 is 0 Å². The molecule has 21 heavy (non-hydrogen) atoms. The zero-order chi connectivity index (χ0) is 15.2. The van der Waals surface area contributed by atoms with Crippen molar-refractivity contribution < 1.29 is 9.53 Å². The highest BCUT2D eigenvalue weighted by Crippen LogP contribution is 2.16. The van der Waals surface area contributed by atoms with Crippen molar-refractivity contribution >= 4 is 28.1 Å². The number of carbonyl (C=O) groups excluding carboxylic acids is 1. The lowest BCUT2D eigenvalue weighted by Crippen LogP contribution is -2.17. The van der Waals surface area contributed by atoms with E-state index in [-0.39, 0.29) is 5.91 Å². The predicted molar refractivity (Wildman–Crippen MR) is 86.9 cm³/mol. The van der Waals surface area contributed by atoms with Crippen molar-refractivity contribution in [3.05, 3.63) is 63.6 Å². The van der Waals surface area contributed by atoms with Crippen molar-refractivity contribution in [3.8, 4) is 5.75 Å². The zero-order valence-electron chi connectivity index (χ0n) is 11.8. The van der Waals surface area contributed by atoms with Crippen LogP contribution in [0.4, 0.5) is 0 Å². The van der Waals surface area contributed by atoms with Gasteiger partial charge < -0.3 is 4.74 Å². The molecule has 0 aliphatic rings. The van der Waals surface area contributed by atoms with E-state index in [9.17, 15) is 4.79 Å². The summed E-state index contributed by atoms with van der Waals surface area (Å²) in [4.78, 5) is 11.9. The van der Waals surface area contributed by atoms with E-state index >= 15 is 0 Å². The molecule has 0 fully saturated rings. The van der Waals surface area contributed by atoms with Crippen LogP contribution in [0.2, 0.25) is 0 Å². The SMILES string of the molecule is COc1ccc(C(=O)NN=Cc2ccc(C)c(Br)c2)cc1. The van der Waals surface area contributed by atoms with Crippen molar-refractivity contribution in [2.75, 3.05) is 7.11 Å². The van der Waals surface area contributed by atoms with Crippen LogP contribution in [0, 0.1) is 6.92 Å². The zero-order valence-corrected chi connectivity index (χ0v) is 13.3. The number of halogens is 1. The van der Waals surface area contributed by atoms with Crippen molar-refractivity contribution in [1.82, 2.24) is 5.43 Å². The molecule has 0 heterocycles. The molecule has 2 aromatic rings. The van der Waals surface area contributed by atoms with E-state index in [1.54, 1.807) is 37.6 Å². The summed E-state index contributed by atoms with van der Waals surface area (Å²) in [6, 6.07) is 12.7. The topological polar surface area (TPSA) is 50.7 Å². The van der Waals surface area contributed by atoms with Gasteiger partial charge in [-0.3, -0.25) is 4.79 Å². The highest BCUT2D eigenvalue weighted by molar-refractivity contribution is 9.10. The molecule has 1 N–H and O–H groups in total. The van der Waals surface area contributed by atoms with E-state index in [2.05, 4.69) is 26.5 Å². The number of amides is 1. The first-order chi connectivity index (χ1) is 10.1. The molecule has 5 heteroatoms. The number of nitrogens with one attached hydrogen (secondary N) is 1. The molecule has 108 valence electrons. The average molecular weight is 347 g/mol. The van der Waals surface area contributed by atoms with Crippen LogP contribution in [0.1, 0.15) is 21.5 Å². The lowest BCUT2D eigenvalue weighted by molar-refractivity contribution is 0.0955. The second-order valence-electron chi connectivity index (χ2n) is 4.44. The third-order valence-electron chi connectivity index (χ3n) is 2.93. The van der Waals surface area contributed by atoms with E-state index < -0.39 is 0 Å². The predicted octanol–water partition coefficient (Wildman–Crippen LogP) is 3.53. The summed E-state index contributed by atoms with van der Waals surface area (Å²) in [7, 11) is 1.58. The van der Waals surface area contributed by atoms with Gasteiger partial charge in [-0.25, -0.2) is 5.43 Å². The van der Waals surface area contributed by atoms with Gasteiger partial charge in [0.15, 0.2) is 0 Å². The van der Waals surface area contributed by atoms with Crippen molar-refractivity contribution in [1.29, 1.82) is 0 Å². The summed E-state index contributed by atoms with van der Waals surface area (Å²) >= 11 is 3.46. The van der Waals surface area contributed by atoms with Gasteiger partial charge in [0.05, 0.1) is 13.3 Å². The largest absolute Gasteiger partial charge is 0.497 e. The maximum absolute atomic E-state index is 11.9. The van der Waals surface area contributed by atoms with E-state index in [1.807, 2.05) is 25.1 Å². The number of nitrogens with zero attached hydrogens (tertiary/aromatic N) is 1. The molecule has 0 aromatic heterocycles. The molecule has 2 rings (SSSR count). The number of hydrogen-bond donors (Lipinski definition) is 1. The van der Waals surface area contributed by atoms with E-state index in [0.717, 1.165) is 15.6 Å². The molecule has 4 nitrogen and oxygen atoms in total. The van der Waals surface area contributed by atoms with E-state index in [4.69, 9.17) is 4.74 Å². The lowest BCUT2D eigenvalue weighted by Gasteiger charge is -2.02. The summed E-state index contributed by atoms with van der Waals surface area (Å²) in [5.74, 6) is 0.444. The molecule has 0 aliphatic carbocycles. The van der Waals surface area contributed by atoms with Gasteiger partial charge in [-0.2, -0.15) is 5.10 Å². The molecule has 0 aliphatic heterocycles. The molecule has 0 unspecified atom stereocenters. The Morgan fingerprint density at radius 2 is 1.95 bits per heavy atom. The molecule has 2 aromatic carbocycles. The molecule has 0 atom stereocenters. The van der Waals surface area contributed by atoms with Crippen molar-refractivity contribution in [2.45, 2.75) is 6.92 Å². The van der Waals surface area contributed by atoms with Crippen LogP contribution >= 0.6 is 15.9 Å². The maximum atomic E-state index is 11.9. The molecular weight excluding hydrogens is 332 g/mol. The fourth-order valence-corrected chi connectivity index (χ4v) is 2.06. The monoisotopic (exact) mass is 346 g/mol. The number of ether oxygens (including phenoxy) is 1. The van der Waals surface area contributed by atoms with Crippen molar-refractivity contribution in [3.63, 3.8) is 0 Å². The molecular formula is C16H15BrN2O2. The Balaban J connectivity index is 1.99. The van der Waals surface area contributed by atoms with Gasteiger partial charge in [-0.05, 0) is 48.4 Å². The lowest BCUT2D eigenvalue weighted by atomic mass is 10.2. The summed E-state index contributed by atoms with van der Waals surface area (Å²) in [6.45, 7) is 2.01. The second kappa shape index (κ2) is 7.04. The van der Waals surface area contributed by atoms with Crippen LogP contribution in [0.3, 0.4) is 0 Å². The molecule has 0 saturated heterocycles. The Hall–Kier alpha value is -2.14. The average Bonchev–Trinajstić information content (AvgIpc) is 2.51. The highest BCUT2D eigenvalue weighted by Gasteiger charge is 2.03. The number of methoxy groups -OCH3 is 1. The van der Waals surface area contributed by atoms with Gasteiger partial charge in [0.1, 0.15) is 5.75 Å². The normalized spacial score (nSPS) is 10.6. The molecule has 0 radical (unpaired) electrons. The Bertz CT molecular complexity index is 666. The first kappa shape index (κ1) is 15.3. The number of hydrogen-bond acceptors (Lipinski definition) is 3. The second-order valence-corrected chi connectivity index (χ2v) is 5.29.